The van der Waals surface area contributed by atoms with Gasteiger partial charge in [0.15, 0.2) is 0 Å². The van der Waals surface area contributed by atoms with Crippen molar-refractivity contribution in [3.63, 3.8) is 0 Å². The van der Waals surface area contributed by atoms with Crippen LogP contribution < -0.4 is 10.6 Å². The fourth-order valence-electron chi connectivity index (χ4n) is 2.31. The third-order valence-electron chi connectivity index (χ3n) is 3.56. The Morgan fingerprint density at radius 3 is 2.81 bits per heavy atom. The van der Waals surface area contributed by atoms with Crippen LogP contribution in [-0.2, 0) is 9.53 Å². The maximum atomic E-state index is 11.5. The molecule has 0 aromatic rings. The highest BCUT2D eigenvalue weighted by molar-refractivity contribution is 5.78. The summed E-state index contributed by atoms with van der Waals surface area (Å²) < 4.78 is 5.37. The minimum absolute atomic E-state index is 0.119. The van der Waals surface area contributed by atoms with Gasteiger partial charge in [0, 0.05) is 19.7 Å². The van der Waals surface area contributed by atoms with E-state index in [1.54, 1.807) is 7.11 Å². The van der Waals surface area contributed by atoms with E-state index in [1.807, 2.05) is 0 Å². The lowest BCUT2D eigenvalue weighted by Gasteiger charge is -2.19. The van der Waals surface area contributed by atoms with Crippen LogP contribution in [0.25, 0.3) is 0 Å². The summed E-state index contributed by atoms with van der Waals surface area (Å²) in [6.07, 6.45) is 6.27. The largest absolute Gasteiger partial charge is 0.380 e. The Balaban J connectivity index is 1.59. The van der Waals surface area contributed by atoms with E-state index in [2.05, 4.69) is 10.6 Å². The minimum Gasteiger partial charge on any atom is -0.380 e. The average Bonchev–Trinajstić information content (AvgIpc) is 3.01. The molecule has 2 saturated carbocycles. The maximum absolute atomic E-state index is 11.5. The van der Waals surface area contributed by atoms with Gasteiger partial charge in [-0.05, 0) is 38.0 Å². The Bertz CT molecular complexity index is 241. The summed E-state index contributed by atoms with van der Waals surface area (Å²) in [7, 11) is 1.75. The first-order valence-corrected chi connectivity index (χ1v) is 6.32. The second kappa shape index (κ2) is 5.64. The molecule has 0 spiro atoms. The first-order chi connectivity index (χ1) is 7.79. The lowest BCUT2D eigenvalue weighted by Crippen LogP contribution is -2.43. The highest BCUT2D eigenvalue weighted by Crippen LogP contribution is 2.27. The second-order valence-electron chi connectivity index (χ2n) is 4.94. The van der Waals surface area contributed by atoms with Gasteiger partial charge in [-0.2, -0.15) is 0 Å². The van der Waals surface area contributed by atoms with E-state index in [0.717, 1.165) is 25.3 Å². The molecule has 0 aromatic carbocycles. The number of rotatable bonds is 6. The molecule has 0 bridgehead atoms. The molecule has 4 heteroatoms. The summed E-state index contributed by atoms with van der Waals surface area (Å²) in [5.74, 6) is 0.871. The number of amides is 1. The monoisotopic (exact) mass is 226 g/mol. The zero-order valence-electron chi connectivity index (χ0n) is 10.00. The van der Waals surface area contributed by atoms with Crippen LogP contribution in [0.4, 0.5) is 0 Å². The summed E-state index contributed by atoms with van der Waals surface area (Å²) in [5.41, 5.74) is 0. The van der Waals surface area contributed by atoms with Crippen molar-refractivity contribution in [2.24, 2.45) is 5.92 Å². The molecule has 2 atom stereocenters. The van der Waals surface area contributed by atoms with Crippen molar-refractivity contribution in [2.75, 3.05) is 20.2 Å². The first kappa shape index (κ1) is 11.9. The molecule has 2 fully saturated rings. The Labute approximate surface area is 97.1 Å². The summed E-state index contributed by atoms with van der Waals surface area (Å²) >= 11 is 0. The Hall–Kier alpha value is -0.610. The van der Waals surface area contributed by atoms with E-state index in [0.29, 0.717) is 12.6 Å². The average molecular weight is 226 g/mol. The van der Waals surface area contributed by atoms with Crippen LogP contribution in [0, 0.1) is 5.92 Å². The predicted octanol–water partition coefficient (Wildman–Crippen LogP) is 0.670. The van der Waals surface area contributed by atoms with Gasteiger partial charge in [0.2, 0.25) is 5.91 Å². The van der Waals surface area contributed by atoms with Crippen molar-refractivity contribution < 1.29 is 9.53 Å². The van der Waals surface area contributed by atoms with Crippen molar-refractivity contribution in [3.05, 3.63) is 0 Å². The van der Waals surface area contributed by atoms with E-state index in [4.69, 9.17) is 4.74 Å². The summed E-state index contributed by atoms with van der Waals surface area (Å²) in [6, 6.07) is 0.358. The van der Waals surface area contributed by atoms with E-state index in [9.17, 15) is 4.79 Å². The topological polar surface area (TPSA) is 50.4 Å². The molecule has 16 heavy (non-hydrogen) atoms. The molecule has 2 unspecified atom stereocenters. The van der Waals surface area contributed by atoms with Crippen LogP contribution in [0.5, 0.6) is 0 Å². The molecular formula is C12H22N2O2. The molecule has 0 saturated heterocycles. The third kappa shape index (κ3) is 3.46. The lowest BCUT2D eigenvalue weighted by atomic mass is 10.2. The molecule has 2 aliphatic rings. The van der Waals surface area contributed by atoms with Gasteiger partial charge < -0.3 is 15.4 Å². The van der Waals surface area contributed by atoms with Crippen molar-refractivity contribution >= 4 is 5.91 Å². The summed E-state index contributed by atoms with van der Waals surface area (Å²) in [4.78, 5) is 11.5. The van der Waals surface area contributed by atoms with Gasteiger partial charge >= 0.3 is 0 Å². The SMILES string of the molecule is COC1CCCC1NCC(=O)NCC1CC1. The summed E-state index contributed by atoms with van der Waals surface area (Å²) in [6.45, 7) is 1.29. The van der Waals surface area contributed by atoms with Crippen molar-refractivity contribution in [1.29, 1.82) is 0 Å². The number of hydrogen-bond acceptors (Lipinski definition) is 3. The van der Waals surface area contributed by atoms with Crippen molar-refractivity contribution in [2.45, 2.75) is 44.2 Å². The zero-order chi connectivity index (χ0) is 11.4. The number of methoxy groups -OCH3 is 1. The molecular weight excluding hydrogens is 204 g/mol. The van der Waals surface area contributed by atoms with Crippen LogP contribution >= 0.6 is 0 Å². The Kier molecular flexibility index (Phi) is 4.18. The van der Waals surface area contributed by atoms with E-state index >= 15 is 0 Å². The van der Waals surface area contributed by atoms with Gasteiger partial charge in [0.1, 0.15) is 0 Å². The van der Waals surface area contributed by atoms with E-state index in [1.165, 1.54) is 19.3 Å². The normalized spacial score (nSPS) is 29.3. The Morgan fingerprint density at radius 2 is 2.12 bits per heavy atom. The molecule has 0 radical (unpaired) electrons. The van der Waals surface area contributed by atoms with Gasteiger partial charge in [0.05, 0.1) is 12.6 Å². The molecule has 1 amide bonds. The second-order valence-corrected chi connectivity index (χ2v) is 4.94. The number of ether oxygens (including phenoxy) is 1. The van der Waals surface area contributed by atoms with Gasteiger partial charge in [-0.3, -0.25) is 4.79 Å². The Morgan fingerprint density at radius 1 is 1.31 bits per heavy atom. The third-order valence-corrected chi connectivity index (χ3v) is 3.56. The fourth-order valence-corrected chi connectivity index (χ4v) is 2.31. The van der Waals surface area contributed by atoms with E-state index in [-0.39, 0.29) is 12.0 Å². The van der Waals surface area contributed by atoms with Gasteiger partial charge in [0.25, 0.3) is 0 Å². The van der Waals surface area contributed by atoms with Crippen LogP contribution in [0.1, 0.15) is 32.1 Å². The molecule has 0 aromatic heterocycles. The molecule has 0 heterocycles. The molecule has 2 aliphatic carbocycles. The number of nitrogens with one attached hydrogen (secondary N) is 2. The van der Waals surface area contributed by atoms with Crippen LogP contribution in [0.15, 0.2) is 0 Å². The molecule has 4 nitrogen and oxygen atoms in total. The van der Waals surface area contributed by atoms with Gasteiger partial charge in [-0.15, -0.1) is 0 Å². The van der Waals surface area contributed by atoms with Gasteiger partial charge in [-0.1, -0.05) is 0 Å². The van der Waals surface area contributed by atoms with E-state index < -0.39 is 0 Å². The summed E-state index contributed by atoms with van der Waals surface area (Å²) in [5, 5.41) is 6.25. The number of carbonyl (C=O) groups excluding carboxylic acids is 1. The number of carbonyl (C=O) groups is 1. The first-order valence-electron chi connectivity index (χ1n) is 6.32. The predicted molar refractivity (Wildman–Crippen MR) is 62.2 cm³/mol. The molecule has 92 valence electrons. The molecule has 0 aliphatic heterocycles. The smallest absolute Gasteiger partial charge is 0.233 e. The van der Waals surface area contributed by atoms with Crippen LogP contribution in [0.3, 0.4) is 0 Å². The maximum Gasteiger partial charge on any atom is 0.233 e. The lowest BCUT2D eigenvalue weighted by molar-refractivity contribution is -0.120. The fraction of sp³-hybridized carbons (Fsp3) is 0.917. The highest BCUT2D eigenvalue weighted by Gasteiger charge is 2.27. The van der Waals surface area contributed by atoms with Crippen molar-refractivity contribution in [3.8, 4) is 0 Å². The minimum atomic E-state index is 0.119. The number of hydrogen-bond donors (Lipinski definition) is 2. The van der Waals surface area contributed by atoms with Crippen LogP contribution in [-0.4, -0.2) is 38.3 Å². The molecule has 2 rings (SSSR count). The highest BCUT2D eigenvalue weighted by atomic mass is 16.5. The quantitative estimate of drug-likeness (QED) is 0.700. The van der Waals surface area contributed by atoms with Gasteiger partial charge in [-0.25, -0.2) is 0 Å². The van der Waals surface area contributed by atoms with Crippen molar-refractivity contribution in [1.82, 2.24) is 10.6 Å². The zero-order valence-corrected chi connectivity index (χ0v) is 10.00. The molecule has 2 N–H and O–H groups in total. The van der Waals surface area contributed by atoms with Crippen LogP contribution in [0.2, 0.25) is 0 Å². The standard InChI is InChI=1S/C12H22N2O2/c1-16-11-4-2-3-10(11)13-8-12(15)14-7-9-5-6-9/h9-11,13H,2-8H2,1H3,(H,14,15).